The second-order valence-electron chi connectivity index (χ2n) is 10.2. The molecule has 4 heterocycles. The third-order valence-corrected chi connectivity index (χ3v) is 7.80. The highest BCUT2D eigenvalue weighted by molar-refractivity contribution is 7.19. The van der Waals surface area contributed by atoms with E-state index in [0.717, 1.165) is 68.7 Å². The molecule has 0 aliphatic carbocycles. The van der Waals surface area contributed by atoms with Crippen molar-refractivity contribution in [3.05, 3.63) is 48.2 Å². The van der Waals surface area contributed by atoms with Crippen molar-refractivity contribution < 1.29 is 9.53 Å². The molecule has 2 aromatic heterocycles. The summed E-state index contributed by atoms with van der Waals surface area (Å²) in [6.07, 6.45) is 5.40. The van der Waals surface area contributed by atoms with Gasteiger partial charge in [-0.15, -0.1) is 15.3 Å². The van der Waals surface area contributed by atoms with Crippen LogP contribution in [0.2, 0.25) is 0 Å². The summed E-state index contributed by atoms with van der Waals surface area (Å²) in [6.45, 7) is 8.57. The standard InChI is InChI=1S/C27H36N8O2S/c1-19(2)37-23-7-4-3-6-22(23)20-9-14-34(15-10-20)16-12-25(36)30-27-33-32-26(38-27)29-21-11-17-35(18-21)24-8-5-13-28-31-24/h3-8,13,19-21H,9-12,14-18H2,1-2H3,(H,29,32)(H,30,33,36). The number of carbonyl (C=O) groups is 1. The van der Waals surface area contributed by atoms with Crippen LogP contribution in [0.5, 0.6) is 5.75 Å². The van der Waals surface area contributed by atoms with Gasteiger partial charge in [0.15, 0.2) is 5.82 Å². The van der Waals surface area contributed by atoms with Gasteiger partial charge in [-0.3, -0.25) is 4.79 Å². The number of hydrogen-bond donors (Lipinski definition) is 2. The molecule has 38 heavy (non-hydrogen) atoms. The lowest BCUT2D eigenvalue weighted by Crippen LogP contribution is -2.35. The van der Waals surface area contributed by atoms with E-state index < -0.39 is 0 Å². The number of para-hydroxylation sites is 1. The molecule has 5 rings (SSSR count). The van der Waals surface area contributed by atoms with Crippen LogP contribution in [0.4, 0.5) is 16.1 Å². The van der Waals surface area contributed by atoms with E-state index in [4.69, 9.17) is 4.74 Å². The highest BCUT2D eigenvalue weighted by Crippen LogP contribution is 2.34. The van der Waals surface area contributed by atoms with Gasteiger partial charge < -0.3 is 25.2 Å². The molecule has 2 N–H and O–H groups in total. The molecule has 1 unspecified atom stereocenters. The van der Waals surface area contributed by atoms with Crippen LogP contribution in [0.15, 0.2) is 42.6 Å². The van der Waals surface area contributed by atoms with E-state index in [2.05, 4.69) is 72.9 Å². The zero-order valence-electron chi connectivity index (χ0n) is 22.0. The number of piperidine rings is 1. The van der Waals surface area contributed by atoms with Crippen molar-refractivity contribution in [3.8, 4) is 5.75 Å². The Morgan fingerprint density at radius 3 is 2.66 bits per heavy atom. The number of benzene rings is 1. The maximum atomic E-state index is 12.6. The molecule has 10 nitrogen and oxygen atoms in total. The van der Waals surface area contributed by atoms with Crippen LogP contribution < -0.4 is 20.3 Å². The number of nitrogens with zero attached hydrogens (tertiary/aromatic N) is 6. The minimum Gasteiger partial charge on any atom is -0.491 e. The zero-order chi connectivity index (χ0) is 26.3. The summed E-state index contributed by atoms with van der Waals surface area (Å²) in [6, 6.07) is 12.5. The average molecular weight is 537 g/mol. The fraction of sp³-hybridized carbons (Fsp3) is 0.519. The highest BCUT2D eigenvalue weighted by atomic mass is 32.1. The quantitative estimate of drug-likeness (QED) is 0.397. The molecule has 0 spiro atoms. The Morgan fingerprint density at radius 2 is 1.87 bits per heavy atom. The number of hydrogen-bond acceptors (Lipinski definition) is 10. The average Bonchev–Trinajstić information content (AvgIpc) is 3.58. The molecule has 11 heteroatoms. The van der Waals surface area contributed by atoms with Crippen LogP contribution in [-0.4, -0.2) is 76.1 Å². The Balaban J connectivity index is 1.03. The number of rotatable bonds is 10. The second-order valence-corrected chi connectivity index (χ2v) is 11.2. The highest BCUT2D eigenvalue weighted by Gasteiger charge is 2.25. The van der Waals surface area contributed by atoms with E-state index in [1.165, 1.54) is 16.9 Å². The summed E-state index contributed by atoms with van der Waals surface area (Å²) < 4.78 is 6.03. The molecule has 1 amide bonds. The molecule has 3 aromatic rings. The van der Waals surface area contributed by atoms with E-state index in [-0.39, 0.29) is 18.1 Å². The van der Waals surface area contributed by atoms with Gasteiger partial charge in [0.05, 0.1) is 6.10 Å². The first-order valence-corrected chi connectivity index (χ1v) is 14.3. The maximum absolute atomic E-state index is 12.6. The minimum absolute atomic E-state index is 0.0276. The molecule has 0 saturated carbocycles. The van der Waals surface area contributed by atoms with Crippen LogP contribution >= 0.6 is 11.3 Å². The Labute approximate surface area is 227 Å². The van der Waals surface area contributed by atoms with Gasteiger partial charge in [0.2, 0.25) is 16.2 Å². The third-order valence-electron chi connectivity index (χ3n) is 7.03. The zero-order valence-corrected chi connectivity index (χ0v) is 22.9. The van der Waals surface area contributed by atoms with Gasteiger partial charge in [0.1, 0.15) is 5.75 Å². The van der Waals surface area contributed by atoms with Gasteiger partial charge in [-0.05, 0) is 75.9 Å². The lowest BCUT2D eigenvalue weighted by atomic mass is 9.88. The van der Waals surface area contributed by atoms with Crippen molar-refractivity contribution in [2.24, 2.45) is 0 Å². The Kier molecular flexibility index (Phi) is 8.65. The van der Waals surface area contributed by atoms with E-state index in [9.17, 15) is 4.79 Å². The van der Waals surface area contributed by atoms with Gasteiger partial charge in [-0.25, -0.2) is 0 Å². The van der Waals surface area contributed by atoms with Crippen molar-refractivity contribution in [1.29, 1.82) is 0 Å². The van der Waals surface area contributed by atoms with Gasteiger partial charge >= 0.3 is 0 Å². The van der Waals surface area contributed by atoms with Crippen LogP contribution in [0.1, 0.15) is 51.0 Å². The molecule has 1 aromatic carbocycles. The van der Waals surface area contributed by atoms with Crippen LogP contribution in [-0.2, 0) is 4.79 Å². The summed E-state index contributed by atoms with van der Waals surface area (Å²) in [5.74, 6) is 2.35. The Hall–Kier alpha value is -3.31. The summed E-state index contributed by atoms with van der Waals surface area (Å²) in [5, 5.41) is 24.1. The summed E-state index contributed by atoms with van der Waals surface area (Å²) in [7, 11) is 0. The normalized spacial score (nSPS) is 18.6. The molecule has 2 aliphatic heterocycles. The fourth-order valence-electron chi connectivity index (χ4n) is 5.14. The smallest absolute Gasteiger partial charge is 0.227 e. The van der Waals surface area contributed by atoms with Crippen LogP contribution in [0.25, 0.3) is 0 Å². The summed E-state index contributed by atoms with van der Waals surface area (Å²) >= 11 is 1.37. The number of nitrogens with one attached hydrogen (secondary N) is 2. The molecule has 0 bridgehead atoms. The van der Waals surface area contributed by atoms with Crippen molar-refractivity contribution in [1.82, 2.24) is 25.3 Å². The monoisotopic (exact) mass is 536 g/mol. The Bertz CT molecular complexity index is 1180. The summed E-state index contributed by atoms with van der Waals surface area (Å²) in [5.41, 5.74) is 1.30. The van der Waals surface area contributed by atoms with E-state index in [0.29, 0.717) is 17.5 Å². The molecular weight excluding hydrogens is 500 g/mol. The van der Waals surface area contributed by atoms with Gasteiger partial charge in [0, 0.05) is 38.3 Å². The summed E-state index contributed by atoms with van der Waals surface area (Å²) in [4.78, 5) is 17.2. The number of likely N-dealkylation sites (tertiary alicyclic amines) is 1. The molecular formula is C27H36N8O2S. The fourth-order valence-corrected chi connectivity index (χ4v) is 5.88. The maximum Gasteiger partial charge on any atom is 0.227 e. The first-order valence-electron chi connectivity index (χ1n) is 13.4. The molecule has 0 radical (unpaired) electrons. The lowest BCUT2D eigenvalue weighted by molar-refractivity contribution is -0.116. The van der Waals surface area contributed by atoms with Crippen LogP contribution in [0.3, 0.4) is 0 Å². The lowest BCUT2D eigenvalue weighted by Gasteiger charge is -2.32. The second kappa shape index (κ2) is 12.5. The van der Waals surface area contributed by atoms with Gasteiger partial charge in [-0.2, -0.15) is 5.10 Å². The SMILES string of the molecule is CC(C)Oc1ccccc1C1CCN(CCC(=O)Nc2nnc(NC3CCN(c4cccnn4)C3)s2)CC1. The topological polar surface area (TPSA) is 108 Å². The van der Waals surface area contributed by atoms with Crippen molar-refractivity contribution in [2.45, 2.75) is 57.6 Å². The van der Waals surface area contributed by atoms with Gasteiger partial charge in [-0.1, -0.05) is 29.5 Å². The van der Waals surface area contributed by atoms with Crippen molar-refractivity contribution in [3.63, 3.8) is 0 Å². The molecule has 202 valence electrons. The van der Waals surface area contributed by atoms with E-state index in [1.807, 2.05) is 18.2 Å². The predicted octanol–water partition coefficient (Wildman–Crippen LogP) is 4.01. The van der Waals surface area contributed by atoms with Crippen molar-refractivity contribution >= 4 is 33.3 Å². The number of ether oxygens (including phenoxy) is 1. The first-order chi connectivity index (χ1) is 18.5. The Morgan fingerprint density at radius 1 is 1.05 bits per heavy atom. The molecule has 2 saturated heterocycles. The van der Waals surface area contributed by atoms with Crippen LogP contribution in [0, 0.1) is 0 Å². The van der Waals surface area contributed by atoms with Gasteiger partial charge in [0.25, 0.3) is 0 Å². The number of aromatic nitrogens is 4. The number of amides is 1. The van der Waals surface area contributed by atoms with Crippen molar-refractivity contribution in [2.75, 3.05) is 48.3 Å². The predicted molar refractivity (Wildman–Crippen MR) is 150 cm³/mol. The third kappa shape index (κ3) is 6.96. The minimum atomic E-state index is -0.0276. The molecule has 2 aliphatic rings. The molecule has 1 atom stereocenters. The molecule has 2 fully saturated rings. The van der Waals surface area contributed by atoms with E-state index >= 15 is 0 Å². The largest absolute Gasteiger partial charge is 0.491 e. The number of carbonyl (C=O) groups excluding carboxylic acids is 1. The number of anilines is 3. The first kappa shape index (κ1) is 26.3. The van der Waals surface area contributed by atoms with E-state index in [1.54, 1.807) is 6.20 Å².